The third-order valence-corrected chi connectivity index (χ3v) is 6.01. The summed E-state index contributed by atoms with van der Waals surface area (Å²) in [5.41, 5.74) is -16.0. The topological polar surface area (TPSA) is 60.7 Å². The lowest BCUT2D eigenvalue weighted by molar-refractivity contribution is 0.379. The van der Waals surface area contributed by atoms with Crippen molar-refractivity contribution in [3.8, 4) is 39.1 Å². The van der Waals surface area contributed by atoms with E-state index in [1.807, 2.05) is 0 Å². The van der Waals surface area contributed by atoms with Crippen molar-refractivity contribution in [1.82, 2.24) is 0 Å². The van der Waals surface area contributed by atoms with E-state index >= 15 is 8.78 Å². The zero-order chi connectivity index (χ0) is 32.6. The lowest BCUT2D eigenvalue weighted by Crippen LogP contribution is -2.31. The van der Waals surface area contributed by atoms with Crippen molar-refractivity contribution in [2.24, 2.45) is 0 Å². The quantitative estimate of drug-likeness (QED) is 0.109. The van der Waals surface area contributed by atoms with Crippen LogP contribution in [0.1, 0.15) is 0 Å². The number of halogens is 15. The Hall–Kier alpha value is -4.39. The van der Waals surface area contributed by atoms with Crippen molar-refractivity contribution in [2.45, 2.75) is 0 Å². The van der Waals surface area contributed by atoms with E-state index in [0.29, 0.717) is 0 Å². The number of hydrogen-bond acceptors (Lipinski definition) is 3. The van der Waals surface area contributed by atoms with E-state index in [1.165, 1.54) is 0 Å². The number of hydrogen-bond donors (Lipinski definition) is 3. The van der Waals surface area contributed by atoms with Gasteiger partial charge in [-0.25, -0.2) is 65.9 Å². The van der Waals surface area contributed by atoms with Crippen LogP contribution < -0.4 is 5.46 Å². The summed E-state index contributed by atoms with van der Waals surface area (Å²) in [7, 11) is -3.24. The first kappa shape index (κ1) is 31.5. The molecule has 4 aromatic carbocycles. The molecule has 0 unspecified atom stereocenters. The van der Waals surface area contributed by atoms with E-state index in [2.05, 4.69) is 0 Å². The average Bonchev–Trinajstić information content (AvgIpc) is 2.96. The third kappa shape index (κ3) is 4.44. The van der Waals surface area contributed by atoms with Gasteiger partial charge in [-0.15, -0.1) is 0 Å². The van der Waals surface area contributed by atoms with Crippen molar-refractivity contribution in [2.75, 3.05) is 0 Å². The van der Waals surface area contributed by atoms with E-state index in [1.54, 1.807) is 0 Å². The molecule has 0 aliphatic heterocycles. The van der Waals surface area contributed by atoms with E-state index in [0.717, 1.165) is 0 Å². The first-order valence-electron chi connectivity index (χ1n) is 10.7. The highest BCUT2D eigenvalue weighted by Crippen LogP contribution is 2.50. The number of benzene rings is 4. The van der Waals surface area contributed by atoms with Gasteiger partial charge >= 0.3 is 7.12 Å². The molecular weight excluding hydrogens is 632 g/mol. The van der Waals surface area contributed by atoms with Crippen LogP contribution in [0.3, 0.4) is 0 Å². The maximum atomic E-state index is 15.0. The summed E-state index contributed by atoms with van der Waals surface area (Å²) < 4.78 is 216. The Morgan fingerprint density at radius 3 is 0.907 bits per heavy atom. The van der Waals surface area contributed by atoms with Crippen LogP contribution in [-0.4, -0.2) is 22.3 Å². The Bertz CT molecular complexity index is 1790. The molecule has 0 fully saturated rings. The molecule has 19 heteroatoms. The number of phenolic OH excluding ortho intramolecular Hbond substituents is 1. The van der Waals surface area contributed by atoms with Gasteiger partial charge < -0.3 is 15.2 Å². The second-order valence-corrected chi connectivity index (χ2v) is 8.32. The molecule has 0 aromatic heterocycles. The molecule has 3 N–H and O–H groups in total. The average molecular weight is 636 g/mol. The number of aromatic hydroxyl groups is 1. The Kier molecular flexibility index (Phi) is 7.86. The van der Waals surface area contributed by atoms with E-state index in [4.69, 9.17) is 0 Å². The van der Waals surface area contributed by atoms with Gasteiger partial charge in [0, 0.05) is 16.6 Å². The molecule has 0 aliphatic rings. The highest BCUT2D eigenvalue weighted by Gasteiger charge is 2.39. The summed E-state index contributed by atoms with van der Waals surface area (Å²) in [6.07, 6.45) is 0. The van der Waals surface area contributed by atoms with Gasteiger partial charge in [-0.1, -0.05) is 6.07 Å². The highest BCUT2D eigenvalue weighted by molar-refractivity contribution is 6.60. The maximum absolute atomic E-state index is 15.0. The van der Waals surface area contributed by atoms with Gasteiger partial charge in [-0.05, 0) is 5.56 Å². The summed E-state index contributed by atoms with van der Waals surface area (Å²) in [6.45, 7) is 0. The fraction of sp³-hybridized carbons (Fsp3) is 0. The molecule has 0 amide bonds. The van der Waals surface area contributed by atoms with Crippen molar-refractivity contribution in [3.05, 3.63) is 93.3 Å². The molecule has 0 saturated carbocycles. The van der Waals surface area contributed by atoms with E-state index < -0.39 is 139 Å². The molecule has 0 atom stereocenters. The van der Waals surface area contributed by atoms with Crippen LogP contribution in [0, 0.1) is 87.3 Å². The molecule has 4 rings (SSSR count). The molecule has 0 aliphatic carbocycles. The highest BCUT2D eigenvalue weighted by atomic mass is 19.2. The zero-order valence-electron chi connectivity index (χ0n) is 19.7. The Balaban J connectivity index is 2.49. The Morgan fingerprint density at radius 1 is 0.349 bits per heavy atom. The van der Waals surface area contributed by atoms with Crippen LogP contribution in [0.2, 0.25) is 0 Å². The van der Waals surface area contributed by atoms with Crippen LogP contribution in [0.5, 0.6) is 5.75 Å². The van der Waals surface area contributed by atoms with E-state index in [-0.39, 0.29) is 6.07 Å². The first-order valence-corrected chi connectivity index (χ1v) is 10.7. The summed E-state index contributed by atoms with van der Waals surface area (Å²) in [4.78, 5) is 0. The Labute approximate surface area is 226 Å². The smallest absolute Gasteiger partial charge is 0.492 e. The number of rotatable bonds is 4. The van der Waals surface area contributed by atoms with Crippen LogP contribution in [0.4, 0.5) is 65.9 Å². The Morgan fingerprint density at radius 2 is 0.605 bits per heavy atom. The molecule has 0 bridgehead atoms. The predicted molar refractivity (Wildman–Crippen MR) is 114 cm³/mol. The molecule has 0 heterocycles. The second-order valence-electron chi connectivity index (χ2n) is 8.32. The minimum absolute atomic E-state index is 0.290. The van der Waals surface area contributed by atoms with Gasteiger partial charge in [0.05, 0.1) is 16.7 Å². The summed E-state index contributed by atoms with van der Waals surface area (Å²) in [5, 5.41) is 29.8. The summed E-state index contributed by atoms with van der Waals surface area (Å²) >= 11 is 0. The molecule has 43 heavy (non-hydrogen) atoms. The van der Waals surface area contributed by atoms with Crippen molar-refractivity contribution in [3.63, 3.8) is 0 Å². The summed E-state index contributed by atoms with van der Waals surface area (Å²) in [6, 6.07) is -0.290. The standard InChI is InChI=1S/C24H4BF15O3/c26-9-5(10(27)16(33)21(38)15(9)32)2-1-3(25(42)43)24(41)6(8-13(30)19(36)23(40)20(37)14(8)31)4(2)7-11(28)17(34)22(39)18(35)12(7)29/h1,41-43H. The molecule has 3 nitrogen and oxygen atoms in total. The predicted octanol–water partition coefficient (Wildman–Crippen LogP) is 6.16. The van der Waals surface area contributed by atoms with Crippen LogP contribution >= 0.6 is 0 Å². The van der Waals surface area contributed by atoms with Gasteiger partial charge in [0.15, 0.2) is 69.8 Å². The summed E-state index contributed by atoms with van der Waals surface area (Å²) in [5.74, 6) is -46.5. The molecule has 0 saturated heterocycles. The second kappa shape index (κ2) is 10.7. The fourth-order valence-electron chi connectivity index (χ4n) is 4.08. The lowest BCUT2D eigenvalue weighted by Gasteiger charge is -2.23. The fourth-order valence-corrected chi connectivity index (χ4v) is 4.08. The zero-order valence-corrected chi connectivity index (χ0v) is 19.7. The molecular formula is C24H4BF15O3. The van der Waals surface area contributed by atoms with Crippen LogP contribution in [0.15, 0.2) is 6.07 Å². The SMILES string of the molecule is OB(O)c1cc(-c2c(F)c(F)c(F)c(F)c2F)c(-c2c(F)c(F)c(F)c(F)c2F)c(-c2c(F)c(F)c(F)c(F)c2F)c1O. The minimum atomic E-state index is -3.24. The van der Waals surface area contributed by atoms with Gasteiger partial charge in [0.1, 0.15) is 5.75 Å². The first-order chi connectivity index (χ1) is 19.9. The van der Waals surface area contributed by atoms with Crippen LogP contribution in [0.25, 0.3) is 33.4 Å². The molecule has 226 valence electrons. The largest absolute Gasteiger partial charge is 0.508 e. The minimum Gasteiger partial charge on any atom is -0.508 e. The van der Waals surface area contributed by atoms with Crippen LogP contribution in [-0.2, 0) is 0 Å². The van der Waals surface area contributed by atoms with Gasteiger partial charge in [0.25, 0.3) is 0 Å². The third-order valence-electron chi connectivity index (χ3n) is 6.01. The molecule has 0 radical (unpaired) electrons. The monoisotopic (exact) mass is 636 g/mol. The van der Waals surface area contributed by atoms with Crippen molar-refractivity contribution >= 4 is 12.6 Å². The van der Waals surface area contributed by atoms with E-state index in [9.17, 15) is 72.2 Å². The van der Waals surface area contributed by atoms with Crippen molar-refractivity contribution in [1.29, 1.82) is 0 Å². The maximum Gasteiger partial charge on any atom is 0.492 e. The van der Waals surface area contributed by atoms with Crippen molar-refractivity contribution < 1.29 is 81.0 Å². The van der Waals surface area contributed by atoms with Gasteiger partial charge in [-0.3, -0.25) is 0 Å². The molecule has 0 spiro atoms. The molecule has 4 aromatic rings. The van der Waals surface area contributed by atoms with Gasteiger partial charge in [0.2, 0.25) is 17.5 Å². The lowest BCUT2D eigenvalue weighted by atomic mass is 9.73. The number of phenols is 1. The normalized spacial score (nSPS) is 11.5. The van der Waals surface area contributed by atoms with Gasteiger partial charge in [-0.2, -0.15) is 0 Å².